The Balaban J connectivity index is 2.05. The molecule has 0 radical (unpaired) electrons. The average molecular weight is 522 g/mol. The largest absolute Gasteiger partial charge is 0.416 e. The number of halogens is 3. The Morgan fingerprint density at radius 3 is 2.30 bits per heavy atom. The van der Waals surface area contributed by atoms with Crippen molar-refractivity contribution in [2.45, 2.75) is 12.2 Å². The van der Waals surface area contributed by atoms with E-state index in [1.165, 1.54) is 13.1 Å². The summed E-state index contributed by atoms with van der Waals surface area (Å²) in [6.07, 6.45) is -3.98. The molecule has 0 unspecified atom stereocenters. The molecule has 0 bridgehead atoms. The second-order valence-corrected chi connectivity index (χ2v) is 7.07. The predicted octanol–water partition coefficient (Wildman–Crippen LogP) is 3.00. The molecule has 15 nitrogen and oxygen atoms in total. The number of hydrogen-bond donors (Lipinski definition) is 2. The number of rotatable bonds is 8. The number of aromatic nitrogens is 2. The normalized spacial score (nSPS) is 12.6. The summed E-state index contributed by atoms with van der Waals surface area (Å²) < 4.78 is 38.9. The molecule has 0 saturated carbocycles. The molecule has 192 valence electrons. The number of amides is 1. The first-order valence-corrected chi connectivity index (χ1v) is 9.79. The number of non-ortho nitro benzene ring substituents is 1. The highest BCUT2D eigenvalue weighted by Crippen LogP contribution is 2.35. The van der Waals surface area contributed by atoms with Crippen molar-refractivity contribution in [3.8, 4) is 0 Å². The van der Waals surface area contributed by atoms with Gasteiger partial charge in [-0.1, -0.05) is 0 Å². The monoisotopic (exact) mass is 522 g/mol. The Hall–Kier alpha value is -5.29. The third kappa shape index (κ3) is 5.69. The number of nitrogens with one attached hydrogen (secondary N) is 2. The van der Waals surface area contributed by atoms with E-state index in [4.69, 9.17) is 0 Å². The fourth-order valence-corrected chi connectivity index (χ4v) is 3.12. The molecule has 0 spiro atoms. The Morgan fingerprint density at radius 2 is 1.73 bits per heavy atom. The van der Waals surface area contributed by atoms with Gasteiger partial charge < -0.3 is 10.7 Å². The van der Waals surface area contributed by atoms with E-state index < -0.39 is 61.2 Å². The molecule has 0 saturated heterocycles. The van der Waals surface area contributed by atoms with Gasteiger partial charge in [0.25, 0.3) is 17.3 Å². The van der Waals surface area contributed by atoms with Crippen LogP contribution in [-0.4, -0.2) is 43.4 Å². The van der Waals surface area contributed by atoms with Crippen LogP contribution in [0.3, 0.4) is 0 Å². The van der Waals surface area contributed by atoms with E-state index in [2.05, 4.69) is 20.5 Å². The number of nitro benzene ring substituents is 2. The lowest BCUT2D eigenvalue weighted by atomic mass is 10.1. The number of alkyl halides is 3. The van der Waals surface area contributed by atoms with Gasteiger partial charge in [0.05, 0.1) is 32.6 Å². The molecule has 0 aliphatic rings. The van der Waals surface area contributed by atoms with Gasteiger partial charge in [-0.15, -0.1) is 0 Å². The molecule has 0 aliphatic carbocycles. The molecule has 18 heteroatoms. The number of anilines is 1. The van der Waals surface area contributed by atoms with E-state index in [0.29, 0.717) is 12.1 Å². The third-order valence-electron chi connectivity index (χ3n) is 4.74. The van der Waals surface area contributed by atoms with Gasteiger partial charge in [-0.25, -0.2) is 4.98 Å². The second-order valence-electron chi connectivity index (χ2n) is 7.07. The Labute approximate surface area is 202 Å². The van der Waals surface area contributed by atoms with Crippen molar-refractivity contribution < 1.29 is 32.7 Å². The van der Waals surface area contributed by atoms with Crippen LogP contribution in [0.25, 0.3) is 11.0 Å². The quantitative estimate of drug-likeness (QED) is 0.251. The van der Waals surface area contributed by atoms with Crippen molar-refractivity contribution in [3.63, 3.8) is 0 Å². The molecule has 1 atom stereocenters. The number of fused-ring (bicyclic) bond motifs is 1. The van der Waals surface area contributed by atoms with Crippen LogP contribution in [-0.2, 0) is 11.0 Å². The van der Waals surface area contributed by atoms with Crippen LogP contribution in [0.4, 0.5) is 30.2 Å². The van der Waals surface area contributed by atoms with Crippen molar-refractivity contribution in [3.05, 3.63) is 84.2 Å². The number of hydrazone groups is 1. The maximum absolute atomic E-state index is 13.0. The van der Waals surface area contributed by atoms with E-state index in [-0.39, 0.29) is 22.8 Å². The third-order valence-corrected chi connectivity index (χ3v) is 4.74. The van der Waals surface area contributed by atoms with E-state index >= 15 is 0 Å². The number of hydrogen-bond acceptors (Lipinski definition) is 11. The Morgan fingerprint density at radius 1 is 1.03 bits per heavy atom. The topological polar surface area (TPSA) is 209 Å². The fourth-order valence-electron chi connectivity index (χ4n) is 3.12. The van der Waals surface area contributed by atoms with Gasteiger partial charge in [-0.05, 0) is 18.2 Å². The molecular weight excluding hydrogens is 509 g/mol. The summed E-state index contributed by atoms with van der Waals surface area (Å²) >= 11 is 0. The molecule has 37 heavy (non-hydrogen) atoms. The summed E-state index contributed by atoms with van der Waals surface area (Å²) in [5.41, 5.74) is -2.70. The maximum atomic E-state index is 13.0. The first-order chi connectivity index (χ1) is 17.3. The summed E-state index contributed by atoms with van der Waals surface area (Å²) in [6.45, 7) is 0. The summed E-state index contributed by atoms with van der Waals surface area (Å²) in [4.78, 5) is 52.2. The molecule has 0 fully saturated rings. The first-order valence-electron chi connectivity index (χ1n) is 9.79. The molecule has 1 aromatic heterocycles. The van der Waals surface area contributed by atoms with Crippen molar-refractivity contribution >= 4 is 39.7 Å². The standard InChI is InChI=1S/C19H13F3N8O7/c1-23-27-16(18(31)26-12-4-2-9(19(20,21)22)6-15(12)29(34)35)17(30(36)37)14-8-24-11-5-3-10(28(32)33)7-13(11)25-14/h2-8,17,23H,1H3,(H,26,31)/b27-16+/t17-/m1/s1. The molecule has 2 N–H and O–H groups in total. The fraction of sp³-hybridized carbons (Fsp3) is 0.158. The molecular formula is C19H13F3N8O7. The number of carbonyl (C=O) groups is 1. The smallest absolute Gasteiger partial charge is 0.315 e. The number of carbonyl (C=O) groups excluding carboxylic acids is 1. The van der Waals surface area contributed by atoms with Gasteiger partial charge in [0.2, 0.25) is 5.71 Å². The number of benzene rings is 2. The van der Waals surface area contributed by atoms with Gasteiger partial charge in [0.15, 0.2) is 0 Å². The lowest BCUT2D eigenvalue weighted by molar-refractivity contribution is -0.509. The van der Waals surface area contributed by atoms with E-state index in [1.54, 1.807) is 0 Å². The van der Waals surface area contributed by atoms with Crippen LogP contribution >= 0.6 is 0 Å². The average Bonchev–Trinajstić information content (AvgIpc) is 2.82. The van der Waals surface area contributed by atoms with Crippen LogP contribution in [0, 0.1) is 30.3 Å². The highest BCUT2D eigenvalue weighted by atomic mass is 19.4. The van der Waals surface area contributed by atoms with Crippen molar-refractivity contribution in [2.24, 2.45) is 5.10 Å². The van der Waals surface area contributed by atoms with Crippen LogP contribution in [0.15, 0.2) is 47.7 Å². The van der Waals surface area contributed by atoms with Crippen LogP contribution < -0.4 is 10.7 Å². The van der Waals surface area contributed by atoms with Gasteiger partial charge in [0, 0.05) is 30.2 Å². The van der Waals surface area contributed by atoms with Gasteiger partial charge in [0.1, 0.15) is 11.4 Å². The molecule has 2 aromatic carbocycles. The zero-order valence-electron chi connectivity index (χ0n) is 18.3. The van der Waals surface area contributed by atoms with Gasteiger partial charge in [-0.2, -0.15) is 18.3 Å². The predicted molar refractivity (Wildman–Crippen MR) is 119 cm³/mol. The van der Waals surface area contributed by atoms with E-state index in [1.807, 2.05) is 5.32 Å². The zero-order chi connectivity index (χ0) is 27.5. The van der Waals surface area contributed by atoms with Crippen molar-refractivity contribution in [1.82, 2.24) is 15.4 Å². The minimum Gasteiger partial charge on any atom is -0.315 e. The lowest BCUT2D eigenvalue weighted by Crippen LogP contribution is -2.34. The Kier molecular flexibility index (Phi) is 7.21. The van der Waals surface area contributed by atoms with Crippen molar-refractivity contribution in [1.29, 1.82) is 0 Å². The maximum Gasteiger partial charge on any atom is 0.416 e. The molecule has 1 heterocycles. The Bertz CT molecular complexity index is 1460. The minimum atomic E-state index is -4.91. The summed E-state index contributed by atoms with van der Waals surface area (Å²) in [5, 5.41) is 39.8. The molecule has 1 amide bonds. The summed E-state index contributed by atoms with van der Waals surface area (Å²) in [5.74, 6) is -1.38. The molecule has 0 aliphatic heterocycles. The number of nitrogens with zero attached hydrogens (tertiary/aromatic N) is 6. The summed E-state index contributed by atoms with van der Waals surface area (Å²) in [7, 11) is 1.18. The second kappa shape index (κ2) is 10.1. The summed E-state index contributed by atoms with van der Waals surface area (Å²) in [6, 6.07) is 2.55. The first kappa shape index (κ1) is 26.3. The SMILES string of the molecule is CN/N=C(/C(=O)Nc1ccc(C(F)(F)F)cc1[N+](=O)[O-])[C@@H](c1cnc2ccc([N+](=O)[O-])cc2n1)[N+](=O)[O-]. The molecule has 3 rings (SSSR count). The number of nitro groups is 3. The zero-order valence-corrected chi connectivity index (χ0v) is 18.3. The van der Waals surface area contributed by atoms with Crippen LogP contribution in [0.1, 0.15) is 17.3 Å². The van der Waals surface area contributed by atoms with Crippen molar-refractivity contribution in [2.75, 3.05) is 12.4 Å². The van der Waals surface area contributed by atoms with Gasteiger partial charge in [-0.3, -0.25) is 40.1 Å². The van der Waals surface area contributed by atoms with Crippen LogP contribution in [0.2, 0.25) is 0 Å². The van der Waals surface area contributed by atoms with Gasteiger partial charge >= 0.3 is 12.2 Å². The van der Waals surface area contributed by atoms with Crippen LogP contribution in [0.5, 0.6) is 0 Å². The minimum absolute atomic E-state index is 0.110. The molecule has 3 aromatic rings. The lowest BCUT2D eigenvalue weighted by Gasteiger charge is -2.13. The highest BCUT2D eigenvalue weighted by molar-refractivity contribution is 6.44. The highest BCUT2D eigenvalue weighted by Gasteiger charge is 2.38. The van der Waals surface area contributed by atoms with E-state index in [0.717, 1.165) is 18.3 Å². The van der Waals surface area contributed by atoms with E-state index in [9.17, 15) is 48.3 Å².